The summed E-state index contributed by atoms with van der Waals surface area (Å²) in [7, 11) is 1.32. The quantitative estimate of drug-likeness (QED) is 0.814. The number of hydrogen-bond donors (Lipinski definition) is 1. The van der Waals surface area contributed by atoms with Gasteiger partial charge in [-0.25, -0.2) is 4.79 Å². The Labute approximate surface area is 100 Å². The van der Waals surface area contributed by atoms with Crippen LogP contribution in [0.25, 0.3) is 0 Å². The molecule has 0 aliphatic heterocycles. The summed E-state index contributed by atoms with van der Waals surface area (Å²) in [5, 5.41) is 8.82. The number of esters is 1. The molecule has 0 heterocycles. The van der Waals surface area contributed by atoms with E-state index in [1.54, 1.807) is 24.3 Å². The number of carboxylic acids is 1. The first-order valence-electron chi connectivity index (χ1n) is 5.27. The minimum absolute atomic E-state index is 0.0462. The highest BCUT2D eigenvalue weighted by Crippen LogP contribution is 2.27. The molecular formula is C13H16O4. The van der Waals surface area contributed by atoms with Gasteiger partial charge in [0.15, 0.2) is 0 Å². The Hall–Kier alpha value is -1.84. The van der Waals surface area contributed by atoms with Gasteiger partial charge in [0.25, 0.3) is 0 Å². The predicted molar refractivity (Wildman–Crippen MR) is 63.1 cm³/mol. The van der Waals surface area contributed by atoms with Crippen molar-refractivity contribution >= 4 is 11.9 Å². The van der Waals surface area contributed by atoms with Crippen molar-refractivity contribution in [3.05, 3.63) is 35.4 Å². The second-order valence-electron chi connectivity index (χ2n) is 4.52. The lowest BCUT2D eigenvalue weighted by Gasteiger charge is -2.23. The van der Waals surface area contributed by atoms with E-state index in [1.807, 2.05) is 13.8 Å². The van der Waals surface area contributed by atoms with E-state index in [9.17, 15) is 9.59 Å². The highest BCUT2D eigenvalue weighted by atomic mass is 16.5. The molecule has 0 fully saturated rings. The van der Waals surface area contributed by atoms with Gasteiger partial charge in [-0.05, 0) is 17.7 Å². The number of benzene rings is 1. The van der Waals surface area contributed by atoms with Gasteiger partial charge in [0.05, 0.1) is 19.1 Å². The molecule has 1 aromatic rings. The SMILES string of the molecule is COC(=O)c1ccc(C(C)(C)CC(=O)O)cc1. The molecule has 0 atom stereocenters. The zero-order valence-corrected chi connectivity index (χ0v) is 10.2. The predicted octanol–water partition coefficient (Wildman–Crippen LogP) is 2.23. The molecule has 0 bridgehead atoms. The number of hydrogen-bond acceptors (Lipinski definition) is 3. The van der Waals surface area contributed by atoms with Crippen LogP contribution in [0, 0.1) is 0 Å². The third-order valence-corrected chi connectivity index (χ3v) is 2.68. The maximum atomic E-state index is 11.2. The molecule has 0 spiro atoms. The summed E-state index contributed by atoms with van der Waals surface area (Å²) in [5.74, 6) is -1.24. The van der Waals surface area contributed by atoms with Crippen molar-refractivity contribution in [1.29, 1.82) is 0 Å². The molecule has 0 amide bonds. The van der Waals surface area contributed by atoms with Gasteiger partial charge >= 0.3 is 11.9 Å². The van der Waals surface area contributed by atoms with Crippen molar-refractivity contribution < 1.29 is 19.4 Å². The molecule has 1 N–H and O–H groups in total. The van der Waals surface area contributed by atoms with Crippen LogP contribution in [-0.4, -0.2) is 24.2 Å². The highest BCUT2D eigenvalue weighted by Gasteiger charge is 2.24. The average molecular weight is 236 g/mol. The first-order valence-corrected chi connectivity index (χ1v) is 5.27. The number of methoxy groups -OCH3 is 1. The van der Waals surface area contributed by atoms with Gasteiger partial charge < -0.3 is 9.84 Å². The average Bonchev–Trinajstić information content (AvgIpc) is 2.26. The lowest BCUT2D eigenvalue weighted by molar-refractivity contribution is -0.138. The van der Waals surface area contributed by atoms with Gasteiger partial charge in [0.2, 0.25) is 0 Å². The van der Waals surface area contributed by atoms with Crippen LogP contribution in [0.1, 0.15) is 36.2 Å². The van der Waals surface area contributed by atoms with Crippen LogP contribution in [0.4, 0.5) is 0 Å². The van der Waals surface area contributed by atoms with Crippen LogP contribution in [-0.2, 0) is 14.9 Å². The van der Waals surface area contributed by atoms with Crippen molar-refractivity contribution in [2.24, 2.45) is 0 Å². The Morgan fingerprint density at radius 1 is 1.24 bits per heavy atom. The zero-order chi connectivity index (χ0) is 13.1. The molecule has 0 aliphatic rings. The molecule has 92 valence electrons. The summed E-state index contributed by atoms with van der Waals surface area (Å²) in [6.07, 6.45) is 0.0462. The first-order chi connectivity index (χ1) is 7.86. The number of rotatable bonds is 4. The summed E-state index contributed by atoms with van der Waals surface area (Å²) < 4.78 is 4.59. The summed E-state index contributed by atoms with van der Waals surface area (Å²) in [6.45, 7) is 3.71. The number of carbonyl (C=O) groups excluding carboxylic acids is 1. The number of carbonyl (C=O) groups is 2. The minimum Gasteiger partial charge on any atom is -0.481 e. The van der Waals surface area contributed by atoms with Crippen LogP contribution >= 0.6 is 0 Å². The zero-order valence-electron chi connectivity index (χ0n) is 10.2. The molecule has 1 aromatic carbocycles. The van der Waals surface area contributed by atoms with E-state index in [1.165, 1.54) is 7.11 Å². The fourth-order valence-corrected chi connectivity index (χ4v) is 1.66. The molecule has 0 aromatic heterocycles. The summed E-state index contributed by atoms with van der Waals surface area (Å²) in [5.41, 5.74) is 0.885. The Bertz CT molecular complexity index is 418. The van der Waals surface area contributed by atoms with E-state index in [0.29, 0.717) is 5.56 Å². The Morgan fingerprint density at radius 3 is 2.18 bits per heavy atom. The molecular weight excluding hydrogens is 220 g/mol. The molecule has 0 saturated heterocycles. The summed E-state index contributed by atoms with van der Waals surface area (Å²) >= 11 is 0. The van der Waals surface area contributed by atoms with Gasteiger partial charge in [-0.15, -0.1) is 0 Å². The van der Waals surface area contributed by atoms with Gasteiger partial charge in [-0.2, -0.15) is 0 Å². The van der Waals surface area contributed by atoms with E-state index in [4.69, 9.17) is 5.11 Å². The van der Waals surface area contributed by atoms with Gasteiger partial charge in [-0.3, -0.25) is 4.79 Å². The van der Waals surface area contributed by atoms with Crippen LogP contribution in [0.2, 0.25) is 0 Å². The smallest absolute Gasteiger partial charge is 0.337 e. The third kappa shape index (κ3) is 3.31. The topological polar surface area (TPSA) is 63.6 Å². The maximum absolute atomic E-state index is 11.2. The van der Waals surface area contributed by atoms with E-state index in [-0.39, 0.29) is 6.42 Å². The molecule has 1 rings (SSSR count). The lowest BCUT2D eigenvalue weighted by Crippen LogP contribution is -2.21. The Balaban J connectivity index is 2.94. The standard InChI is InChI=1S/C13H16O4/c1-13(2,8-11(14)15)10-6-4-9(5-7-10)12(16)17-3/h4-7H,8H2,1-3H3,(H,14,15). The molecule has 0 saturated carbocycles. The van der Waals surface area contributed by atoms with Crippen molar-refractivity contribution in [2.75, 3.05) is 7.11 Å². The summed E-state index contributed by atoms with van der Waals surface area (Å²) in [6, 6.07) is 6.81. The monoisotopic (exact) mass is 236 g/mol. The molecule has 4 nitrogen and oxygen atoms in total. The Kier molecular flexibility index (Phi) is 3.89. The van der Waals surface area contributed by atoms with Crippen molar-refractivity contribution in [3.63, 3.8) is 0 Å². The number of carboxylic acid groups (broad SMARTS) is 1. The van der Waals surface area contributed by atoms with Crippen LogP contribution < -0.4 is 0 Å². The van der Waals surface area contributed by atoms with Gasteiger partial charge in [0, 0.05) is 5.41 Å². The van der Waals surface area contributed by atoms with E-state index < -0.39 is 17.4 Å². The molecule has 4 heteroatoms. The van der Waals surface area contributed by atoms with Crippen molar-refractivity contribution in [2.45, 2.75) is 25.7 Å². The van der Waals surface area contributed by atoms with E-state index in [0.717, 1.165) is 5.56 Å². The first kappa shape index (κ1) is 13.2. The number of ether oxygens (including phenoxy) is 1. The minimum atomic E-state index is -0.841. The Morgan fingerprint density at radius 2 is 1.76 bits per heavy atom. The van der Waals surface area contributed by atoms with Gasteiger partial charge in [-0.1, -0.05) is 26.0 Å². The van der Waals surface area contributed by atoms with E-state index in [2.05, 4.69) is 4.74 Å². The second kappa shape index (κ2) is 4.99. The maximum Gasteiger partial charge on any atom is 0.337 e. The molecule has 0 radical (unpaired) electrons. The largest absolute Gasteiger partial charge is 0.481 e. The number of aliphatic carboxylic acids is 1. The molecule has 0 aliphatic carbocycles. The lowest BCUT2D eigenvalue weighted by atomic mass is 9.81. The molecule has 17 heavy (non-hydrogen) atoms. The van der Waals surface area contributed by atoms with Crippen LogP contribution in [0.3, 0.4) is 0 Å². The molecule has 0 unspecified atom stereocenters. The summed E-state index contributed by atoms with van der Waals surface area (Å²) in [4.78, 5) is 22.0. The second-order valence-corrected chi connectivity index (χ2v) is 4.52. The van der Waals surface area contributed by atoms with Crippen molar-refractivity contribution in [1.82, 2.24) is 0 Å². The van der Waals surface area contributed by atoms with Crippen LogP contribution in [0.5, 0.6) is 0 Å². The van der Waals surface area contributed by atoms with Crippen molar-refractivity contribution in [3.8, 4) is 0 Å². The van der Waals surface area contributed by atoms with E-state index >= 15 is 0 Å². The third-order valence-electron chi connectivity index (χ3n) is 2.68. The normalized spacial score (nSPS) is 11.0. The fourth-order valence-electron chi connectivity index (χ4n) is 1.66. The van der Waals surface area contributed by atoms with Gasteiger partial charge in [0.1, 0.15) is 0 Å². The highest BCUT2D eigenvalue weighted by molar-refractivity contribution is 5.89. The fraction of sp³-hybridized carbons (Fsp3) is 0.385. The van der Waals surface area contributed by atoms with Crippen LogP contribution in [0.15, 0.2) is 24.3 Å².